The third-order valence-electron chi connectivity index (χ3n) is 3.56. The second-order valence-electron chi connectivity index (χ2n) is 4.68. The van der Waals surface area contributed by atoms with E-state index < -0.39 is 5.97 Å². The highest BCUT2D eigenvalue weighted by Crippen LogP contribution is 2.26. The van der Waals surface area contributed by atoms with Gasteiger partial charge in [0, 0.05) is 26.4 Å². The molecule has 1 N–H and O–H groups in total. The summed E-state index contributed by atoms with van der Waals surface area (Å²) >= 11 is 0. The van der Waals surface area contributed by atoms with Gasteiger partial charge in [-0.3, -0.25) is 4.98 Å². The van der Waals surface area contributed by atoms with E-state index in [2.05, 4.69) is 11.9 Å². The van der Waals surface area contributed by atoms with Crippen molar-refractivity contribution in [1.29, 1.82) is 0 Å². The van der Waals surface area contributed by atoms with E-state index in [0.717, 1.165) is 13.0 Å². The SMILES string of the molecule is COC1CN(c2cnccc2C(=O)O)CCC1C. The van der Waals surface area contributed by atoms with Gasteiger partial charge in [0.15, 0.2) is 0 Å². The van der Waals surface area contributed by atoms with Crippen molar-refractivity contribution < 1.29 is 14.6 Å². The smallest absolute Gasteiger partial charge is 0.337 e. The number of carboxylic acids is 1. The van der Waals surface area contributed by atoms with Crippen LogP contribution < -0.4 is 4.90 Å². The molecule has 1 aromatic rings. The zero-order chi connectivity index (χ0) is 13.1. The van der Waals surface area contributed by atoms with Crippen LogP contribution in [0, 0.1) is 5.92 Å². The standard InChI is InChI=1S/C13H18N2O3/c1-9-4-6-15(8-12(9)18-2)11-7-14-5-3-10(11)13(16)17/h3,5,7,9,12H,4,6,8H2,1-2H3,(H,16,17). The fraction of sp³-hybridized carbons (Fsp3) is 0.538. The molecule has 0 amide bonds. The largest absolute Gasteiger partial charge is 0.478 e. The number of hydrogen-bond acceptors (Lipinski definition) is 4. The first kappa shape index (κ1) is 12.8. The molecule has 0 bridgehead atoms. The fourth-order valence-corrected chi connectivity index (χ4v) is 2.38. The van der Waals surface area contributed by atoms with Gasteiger partial charge in [0.05, 0.1) is 23.6 Å². The molecule has 2 unspecified atom stereocenters. The van der Waals surface area contributed by atoms with Crippen LogP contribution in [0.5, 0.6) is 0 Å². The van der Waals surface area contributed by atoms with Gasteiger partial charge < -0.3 is 14.7 Å². The van der Waals surface area contributed by atoms with Crippen LogP contribution in [-0.4, -0.2) is 42.4 Å². The summed E-state index contributed by atoms with van der Waals surface area (Å²) in [6.45, 7) is 3.71. The van der Waals surface area contributed by atoms with E-state index in [-0.39, 0.29) is 6.10 Å². The predicted octanol–water partition coefficient (Wildman–Crippen LogP) is 1.64. The fourth-order valence-electron chi connectivity index (χ4n) is 2.38. The van der Waals surface area contributed by atoms with Crippen LogP contribution in [-0.2, 0) is 4.74 Å². The van der Waals surface area contributed by atoms with Crippen molar-refractivity contribution in [1.82, 2.24) is 4.98 Å². The van der Waals surface area contributed by atoms with E-state index in [9.17, 15) is 9.90 Å². The monoisotopic (exact) mass is 250 g/mol. The van der Waals surface area contributed by atoms with Crippen LogP contribution in [0.15, 0.2) is 18.5 Å². The van der Waals surface area contributed by atoms with Crippen LogP contribution in [0.2, 0.25) is 0 Å². The number of aromatic nitrogens is 1. The molecule has 5 heteroatoms. The molecule has 0 spiro atoms. The van der Waals surface area contributed by atoms with E-state index in [1.807, 2.05) is 4.90 Å². The van der Waals surface area contributed by atoms with Gasteiger partial charge in [-0.2, -0.15) is 0 Å². The van der Waals surface area contributed by atoms with Gasteiger partial charge in [-0.25, -0.2) is 4.79 Å². The van der Waals surface area contributed by atoms with Crippen LogP contribution in [0.3, 0.4) is 0 Å². The van der Waals surface area contributed by atoms with E-state index in [1.54, 1.807) is 13.3 Å². The van der Waals surface area contributed by atoms with Gasteiger partial charge in [0.2, 0.25) is 0 Å². The van der Waals surface area contributed by atoms with Crippen LogP contribution in [0.4, 0.5) is 5.69 Å². The van der Waals surface area contributed by atoms with Crippen molar-refractivity contribution in [3.05, 3.63) is 24.0 Å². The molecule has 5 nitrogen and oxygen atoms in total. The molecular weight excluding hydrogens is 232 g/mol. The molecule has 1 saturated heterocycles. The normalized spacial score (nSPS) is 24.0. The average Bonchev–Trinajstić information content (AvgIpc) is 2.39. The van der Waals surface area contributed by atoms with Crippen LogP contribution >= 0.6 is 0 Å². The van der Waals surface area contributed by atoms with Crippen molar-refractivity contribution in [2.24, 2.45) is 5.92 Å². The van der Waals surface area contributed by atoms with Gasteiger partial charge in [-0.05, 0) is 18.4 Å². The summed E-state index contributed by atoms with van der Waals surface area (Å²) < 4.78 is 5.45. The molecule has 0 radical (unpaired) electrons. The minimum atomic E-state index is -0.917. The number of aromatic carboxylic acids is 1. The summed E-state index contributed by atoms with van der Waals surface area (Å²) in [6.07, 6.45) is 4.26. The molecule has 1 aromatic heterocycles. The second kappa shape index (κ2) is 5.35. The number of rotatable bonds is 3. The second-order valence-corrected chi connectivity index (χ2v) is 4.68. The maximum Gasteiger partial charge on any atom is 0.337 e. The lowest BCUT2D eigenvalue weighted by Crippen LogP contribution is -2.44. The average molecular weight is 250 g/mol. The number of nitrogens with zero attached hydrogens (tertiary/aromatic N) is 2. The highest BCUT2D eigenvalue weighted by Gasteiger charge is 2.28. The number of hydrogen-bond donors (Lipinski definition) is 1. The van der Waals surface area contributed by atoms with E-state index >= 15 is 0 Å². The molecular formula is C13H18N2O3. The van der Waals surface area contributed by atoms with Crippen molar-refractivity contribution in [2.75, 3.05) is 25.1 Å². The number of methoxy groups -OCH3 is 1. The zero-order valence-corrected chi connectivity index (χ0v) is 10.7. The minimum Gasteiger partial charge on any atom is -0.478 e. The lowest BCUT2D eigenvalue weighted by molar-refractivity contribution is 0.0496. The zero-order valence-electron chi connectivity index (χ0n) is 10.7. The van der Waals surface area contributed by atoms with Crippen molar-refractivity contribution in [2.45, 2.75) is 19.4 Å². The molecule has 18 heavy (non-hydrogen) atoms. The van der Waals surface area contributed by atoms with E-state index in [0.29, 0.717) is 23.7 Å². The van der Waals surface area contributed by atoms with Crippen molar-refractivity contribution in [3.63, 3.8) is 0 Å². The third-order valence-corrected chi connectivity index (χ3v) is 3.56. The van der Waals surface area contributed by atoms with Crippen molar-refractivity contribution >= 4 is 11.7 Å². The summed E-state index contributed by atoms with van der Waals surface area (Å²) in [5.74, 6) is -0.420. The summed E-state index contributed by atoms with van der Waals surface area (Å²) in [6, 6.07) is 1.54. The van der Waals surface area contributed by atoms with E-state index in [4.69, 9.17) is 4.74 Å². The Morgan fingerprint density at radius 3 is 3.06 bits per heavy atom. The van der Waals surface area contributed by atoms with Gasteiger partial charge >= 0.3 is 5.97 Å². The van der Waals surface area contributed by atoms with Gasteiger partial charge in [-0.1, -0.05) is 6.92 Å². The molecule has 2 heterocycles. The Labute approximate surface area is 106 Å². The third kappa shape index (κ3) is 2.46. The lowest BCUT2D eigenvalue weighted by Gasteiger charge is -2.37. The maximum atomic E-state index is 11.2. The number of piperidine rings is 1. The first-order valence-electron chi connectivity index (χ1n) is 6.08. The quantitative estimate of drug-likeness (QED) is 0.883. The Bertz CT molecular complexity index is 436. The lowest BCUT2D eigenvalue weighted by atomic mass is 9.95. The molecule has 0 aliphatic carbocycles. The highest BCUT2D eigenvalue weighted by molar-refractivity contribution is 5.94. The molecule has 1 aliphatic heterocycles. The molecule has 98 valence electrons. The Kier molecular flexibility index (Phi) is 3.81. The van der Waals surface area contributed by atoms with Crippen LogP contribution in [0.25, 0.3) is 0 Å². The number of carboxylic acid groups (broad SMARTS) is 1. The van der Waals surface area contributed by atoms with Gasteiger partial charge in [0.1, 0.15) is 0 Å². The van der Waals surface area contributed by atoms with Crippen molar-refractivity contribution in [3.8, 4) is 0 Å². The highest BCUT2D eigenvalue weighted by atomic mass is 16.5. The van der Waals surface area contributed by atoms with Gasteiger partial charge in [-0.15, -0.1) is 0 Å². The first-order valence-corrected chi connectivity index (χ1v) is 6.08. The summed E-state index contributed by atoms with van der Waals surface area (Å²) in [5.41, 5.74) is 0.980. The summed E-state index contributed by atoms with van der Waals surface area (Å²) in [7, 11) is 1.70. The number of anilines is 1. The summed E-state index contributed by atoms with van der Waals surface area (Å²) in [5, 5.41) is 9.19. The van der Waals surface area contributed by atoms with Crippen LogP contribution in [0.1, 0.15) is 23.7 Å². The molecule has 0 saturated carbocycles. The molecule has 1 fully saturated rings. The topological polar surface area (TPSA) is 62.7 Å². The molecule has 1 aliphatic rings. The number of carbonyl (C=O) groups is 1. The molecule has 2 atom stereocenters. The first-order chi connectivity index (χ1) is 8.63. The molecule has 0 aromatic carbocycles. The number of ether oxygens (including phenoxy) is 1. The number of pyridine rings is 1. The Balaban J connectivity index is 2.24. The predicted molar refractivity (Wildman–Crippen MR) is 68.0 cm³/mol. The van der Waals surface area contributed by atoms with E-state index in [1.165, 1.54) is 12.3 Å². The Morgan fingerprint density at radius 2 is 2.39 bits per heavy atom. The Morgan fingerprint density at radius 1 is 1.61 bits per heavy atom. The van der Waals surface area contributed by atoms with Gasteiger partial charge in [0.25, 0.3) is 0 Å². The maximum absolute atomic E-state index is 11.2. The molecule has 2 rings (SSSR count). The minimum absolute atomic E-state index is 0.139. The summed E-state index contributed by atoms with van der Waals surface area (Å²) in [4.78, 5) is 17.3. The Hall–Kier alpha value is -1.62.